The molecule has 104 valence electrons. The maximum atomic E-state index is 12.4. The number of piperidine rings is 1. The Labute approximate surface area is 123 Å². The zero-order chi connectivity index (χ0) is 13.9. The molecule has 1 saturated heterocycles. The number of amides is 1. The predicted octanol–water partition coefficient (Wildman–Crippen LogP) is 3.89. The van der Waals surface area contributed by atoms with Gasteiger partial charge in [-0.3, -0.25) is 4.79 Å². The molecule has 3 nitrogen and oxygen atoms in total. The third kappa shape index (κ3) is 3.16. The number of aromatic nitrogens is 1. The fourth-order valence-corrected chi connectivity index (χ4v) is 3.06. The molecule has 1 fully saturated rings. The van der Waals surface area contributed by atoms with E-state index in [1.54, 1.807) is 6.20 Å². The number of carbonyl (C=O) groups is 1. The molecule has 1 aromatic rings. The Hall–Kier alpha value is -0.900. The van der Waals surface area contributed by atoms with Gasteiger partial charge in [0.25, 0.3) is 5.91 Å². The van der Waals surface area contributed by atoms with Crippen LogP contribution in [0.1, 0.15) is 49.9 Å². The summed E-state index contributed by atoms with van der Waals surface area (Å²) in [7, 11) is 0. The number of hydrogen-bond donors (Lipinski definition) is 0. The highest BCUT2D eigenvalue weighted by atomic mass is 79.9. The van der Waals surface area contributed by atoms with Crippen LogP contribution in [0.2, 0.25) is 0 Å². The molecular formula is C15H21BrN2O. The van der Waals surface area contributed by atoms with Crippen molar-refractivity contribution in [3.63, 3.8) is 0 Å². The van der Waals surface area contributed by atoms with Crippen molar-refractivity contribution in [2.45, 2.75) is 39.5 Å². The number of pyridine rings is 1. The van der Waals surface area contributed by atoms with Crippen molar-refractivity contribution in [1.82, 2.24) is 9.88 Å². The summed E-state index contributed by atoms with van der Waals surface area (Å²) in [4.78, 5) is 18.5. The van der Waals surface area contributed by atoms with E-state index in [9.17, 15) is 4.79 Å². The van der Waals surface area contributed by atoms with Crippen LogP contribution >= 0.6 is 15.9 Å². The van der Waals surface area contributed by atoms with Crippen molar-refractivity contribution in [2.75, 3.05) is 13.1 Å². The zero-order valence-electron chi connectivity index (χ0n) is 11.7. The van der Waals surface area contributed by atoms with Crippen molar-refractivity contribution in [3.05, 3.63) is 28.5 Å². The van der Waals surface area contributed by atoms with Gasteiger partial charge in [-0.15, -0.1) is 0 Å². The standard InChI is InChI=1S/C15H21BrN2O/c1-3-15(4-2)7-9-18(10-8-15)14(19)12-5-6-13(16)17-11-12/h5-6,11H,3-4,7-10H2,1-2H3. The minimum absolute atomic E-state index is 0.112. The van der Waals surface area contributed by atoms with E-state index < -0.39 is 0 Å². The maximum Gasteiger partial charge on any atom is 0.255 e. The van der Waals surface area contributed by atoms with Crippen LogP contribution in [-0.2, 0) is 0 Å². The summed E-state index contributed by atoms with van der Waals surface area (Å²) in [6.07, 6.45) is 6.32. The van der Waals surface area contributed by atoms with Gasteiger partial charge in [0, 0.05) is 19.3 Å². The molecule has 0 N–H and O–H groups in total. The normalized spacial score (nSPS) is 18.4. The van der Waals surface area contributed by atoms with Crippen molar-refractivity contribution in [1.29, 1.82) is 0 Å². The largest absolute Gasteiger partial charge is 0.339 e. The molecule has 2 heterocycles. The smallest absolute Gasteiger partial charge is 0.255 e. The highest BCUT2D eigenvalue weighted by Gasteiger charge is 2.33. The van der Waals surface area contributed by atoms with Gasteiger partial charge in [0.05, 0.1) is 5.56 Å². The summed E-state index contributed by atoms with van der Waals surface area (Å²) in [5.74, 6) is 0.112. The van der Waals surface area contributed by atoms with Gasteiger partial charge in [-0.1, -0.05) is 26.7 Å². The van der Waals surface area contributed by atoms with Crippen LogP contribution < -0.4 is 0 Å². The van der Waals surface area contributed by atoms with E-state index in [1.807, 2.05) is 17.0 Å². The van der Waals surface area contributed by atoms with E-state index in [2.05, 4.69) is 34.8 Å². The van der Waals surface area contributed by atoms with E-state index in [0.29, 0.717) is 11.0 Å². The maximum absolute atomic E-state index is 12.4. The molecule has 4 heteroatoms. The minimum Gasteiger partial charge on any atom is -0.339 e. The summed E-state index contributed by atoms with van der Waals surface area (Å²) in [5, 5.41) is 0. The SMILES string of the molecule is CCC1(CC)CCN(C(=O)c2ccc(Br)nc2)CC1. The first-order chi connectivity index (χ1) is 9.10. The van der Waals surface area contributed by atoms with E-state index in [-0.39, 0.29) is 5.91 Å². The molecular weight excluding hydrogens is 304 g/mol. The van der Waals surface area contributed by atoms with Crippen molar-refractivity contribution < 1.29 is 4.79 Å². The minimum atomic E-state index is 0.112. The monoisotopic (exact) mass is 324 g/mol. The summed E-state index contributed by atoms with van der Waals surface area (Å²) in [6.45, 7) is 6.27. The van der Waals surface area contributed by atoms with Gasteiger partial charge >= 0.3 is 0 Å². The first kappa shape index (κ1) is 14.5. The molecule has 0 atom stereocenters. The Kier molecular flexibility index (Phi) is 4.61. The molecule has 0 saturated carbocycles. The second-order valence-corrected chi connectivity index (χ2v) is 6.18. The molecule has 0 aromatic carbocycles. The molecule has 19 heavy (non-hydrogen) atoms. The van der Waals surface area contributed by atoms with Gasteiger partial charge in [-0.25, -0.2) is 4.98 Å². The topological polar surface area (TPSA) is 33.2 Å². The van der Waals surface area contributed by atoms with Gasteiger partial charge in [0.15, 0.2) is 0 Å². The van der Waals surface area contributed by atoms with Crippen LogP contribution in [0.3, 0.4) is 0 Å². The van der Waals surface area contributed by atoms with Crippen molar-refractivity contribution in [3.8, 4) is 0 Å². The van der Waals surface area contributed by atoms with Gasteiger partial charge < -0.3 is 4.90 Å². The highest BCUT2D eigenvalue weighted by molar-refractivity contribution is 9.10. The molecule has 1 aliphatic rings. The fraction of sp³-hybridized carbons (Fsp3) is 0.600. The first-order valence-corrected chi connectivity index (χ1v) is 7.80. The second-order valence-electron chi connectivity index (χ2n) is 5.37. The van der Waals surface area contributed by atoms with Crippen molar-refractivity contribution in [2.24, 2.45) is 5.41 Å². The molecule has 2 rings (SSSR count). The van der Waals surface area contributed by atoms with Crippen LogP contribution in [0.5, 0.6) is 0 Å². The van der Waals surface area contributed by atoms with Gasteiger partial charge in [-0.05, 0) is 46.3 Å². The molecule has 1 aliphatic heterocycles. The Morgan fingerprint density at radius 3 is 2.42 bits per heavy atom. The second kappa shape index (κ2) is 6.04. The molecule has 0 radical (unpaired) electrons. The first-order valence-electron chi connectivity index (χ1n) is 7.01. The average Bonchev–Trinajstić information content (AvgIpc) is 2.47. The number of carbonyl (C=O) groups excluding carboxylic acids is 1. The van der Waals surface area contributed by atoms with E-state index in [1.165, 1.54) is 12.8 Å². The van der Waals surface area contributed by atoms with Gasteiger partial charge in [-0.2, -0.15) is 0 Å². The van der Waals surface area contributed by atoms with E-state index in [4.69, 9.17) is 0 Å². The number of likely N-dealkylation sites (tertiary alicyclic amines) is 1. The Morgan fingerprint density at radius 1 is 1.32 bits per heavy atom. The summed E-state index contributed by atoms with van der Waals surface area (Å²) >= 11 is 3.29. The fourth-order valence-electron chi connectivity index (χ4n) is 2.83. The summed E-state index contributed by atoms with van der Waals surface area (Å²) in [6, 6.07) is 3.65. The summed E-state index contributed by atoms with van der Waals surface area (Å²) in [5.41, 5.74) is 1.14. The lowest BCUT2D eigenvalue weighted by atomic mass is 9.74. The Morgan fingerprint density at radius 2 is 1.95 bits per heavy atom. The molecule has 0 spiro atoms. The predicted molar refractivity (Wildman–Crippen MR) is 80.1 cm³/mol. The number of halogens is 1. The van der Waals surface area contributed by atoms with Crippen LogP contribution in [0.15, 0.2) is 22.9 Å². The highest BCUT2D eigenvalue weighted by Crippen LogP contribution is 2.38. The lowest BCUT2D eigenvalue weighted by molar-refractivity contribution is 0.0557. The molecule has 0 bridgehead atoms. The van der Waals surface area contributed by atoms with E-state index >= 15 is 0 Å². The molecule has 1 amide bonds. The lowest BCUT2D eigenvalue weighted by Crippen LogP contribution is -2.42. The Balaban J connectivity index is 2.01. The molecule has 0 unspecified atom stereocenters. The summed E-state index contributed by atoms with van der Waals surface area (Å²) < 4.78 is 0.763. The number of hydrogen-bond acceptors (Lipinski definition) is 2. The number of rotatable bonds is 3. The molecule has 1 aromatic heterocycles. The Bertz CT molecular complexity index is 430. The van der Waals surface area contributed by atoms with Gasteiger partial charge in [0.1, 0.15) is 4.60 Å². The van der Waals surface area contributed by atoms with Crippen LogP contribution in [0, 0.1) is 5.41 Å². The van der Waals surface area contributed by atoms with Crippen molar-refractivity contribution >= 4 is 21.8 Å². The van der Waals surface area contributed by atoms with Crippen LogP contribution in [-0.4, -0.2) is 28.9 Å². The number of nitrogens with zero attached hydrogens (tertiary/aromatic N) is 2. The van der Waals surface area contributed by atoms with Gasteiger partial charge in [0.2, 0.25) is 0 Å². The lowest BCUT2D eigenvalue weighted by Gasteiger charge is -2.41. The van der Waals surface area contributed by atoms with Crippen LogP contribution in [0.25, 0.3) is 0 Å². The third-order valence-electron chi connectivity index (χ3n) is 4.59. The quantitative estimate of drug-likeness (QED) is 0.790. The average molecular weight is 325 g/mol. The third-order valence-corrected chi connectivity index (χ3v) is 5.05. The van der Waals surface area contributed by atoms with E-state index in [0.717, 1.165) is 30.5 Å². The van der Waals surface area contributed by atoms with Crippen LogP contribution in [0.4, 0.5) is 0 Å². The molecule has 0 aliphatic carbocycles. The zero-order valence-corrected chi connectivity index (χ0v) is 13.2.